The Bertz CT molecular complexity index is 372. The number of nitrogens with zero attached hydrogens (tertiary/aromatic N) is 1. The Morgan fingerprint density at radius 2 is 2.21 bits per heavy atom. The molecule has 1 saturated carbocycles. The molecule has 1 atom stereocenters. The molecule has 19 heavy (non-hydrogen) atoms. The first-order valence-electron chi connectivity index (χ1n) is 7.45. The summed E-state index contributed by atoms with van der Waals surface area (Å²) < 4.78 is 6.11. The Balaban J connectivity index is 2.06. The fraction of sp³-hybridized carbons (Fsp3) is 0.688. The summed E-state index contributed by atoms with van der Waals surface area (Å²) in [6.07, 6.45) is 9.18. The zero-order valence-corrected chi connectivity index (χ0v) is 12.1. The highest BCUT2D eigenvalue weighted by molar-refractivity contribution is 5.12. The molecule has 1 aliphatic carbocycles. The molecule has 1 unspecified atom stereocenters. The molecule has 0 aromatic carbocycles. The summed E-state index contributed by atoms with van der Waals surface area (Å²) in [7, 11) is 0. The van der Waals surface area contributed by atoms with Crippen molar-refractivity contribution < 1.29 is 4.74 Å². The van der Waals surface area contributed by atoms with Crippen LogP contribution in [-0.2, 0) is 11.2 Å². The standard InChI is InChI=1S/C16H26N2O/c1-3-19-16(8-6-13(2)7-9-16)15(17)11-14-5-4-10-18-12-14/h4-5,10,12-13,15H,3,6-9,11,17H2,1-2H3. The lowest BCUT2D eigenvalue weighted by atomic mass is 9.74. The predicted octanol–water partition coefficient (Wildman–Crippen LogP) is 2.94. The number of rotatable bonds is 5. The summed E-state index contributed by atoms with van der Waals surface area (Å²) in [4.78, 5) is 4.17. The van der Waals surface area contributed by atoms with E-state index in [2.05, 4.69) is 24.9 Å². The van der Waals surface area contributed by atoms with E-state index in [1.165, 1.54) is 18.4 Å². The molecule has 1 aliphatic rings. The molecular formula is C16H26N2O. The third-order valence-electron chi connectivity index (χ3n) is 4.41. The molecular weight excluding hydrogens is 236 g/mol. The van der Waals surface area contributed by atoms with Crippen LogP contribution in [0.3, 0.4) is 0 Å². The first kappa shape index (κ1) is 14.5. The topological polar surface area (TPSA) is 48.1 Å². The van der Waals surface area contributed by atoms with Gasteiger partial charge in [0.1, 0.15) is 0 Å². The monoisotopic (exact) mass is 262 g/mol. The Morgan fingerprint density at radius 3 is 2.79 bits per heavy atom. The van der Waals surface area contributed by atoms with E-state index >= 15 is 0 Å². The summed E-state index contributed by atoms with van der Waals surface area (Å²) in [5.41, 5.74) is 7.57. The maximum absolute atomic E-state index is 6.49. The van der Waals surface area contributed by atoms with Gasteiger partial charge < -0.3 is 10.5 Å². The second-order valence-corrected chi connectivity index (χ2v) is 5.85. The van der Waals surface area contributed by atoms with Crippen molar-refractivity contribution in [3.63, 3.8) is 0 Å². The molecule has 0 amide bonds. The van der Waals surface area contributed by atoms with Crippen molar-refractivity contribution in [3.05, 3.63) is 30.1 Å². The Kier molecular flexibility index (Phi) is 4.94. The highest BCUT2D eigenvalue weighted by Crippen LogP contribution is 2.37. The van der Waals surface area contributed by atoms with Gasteiger partial charge >= 0.3 is 0 Å². The van der Waals surface area contributed by atoms with Crippen LogP contribution in [0.1, 0.15) is 45.1 Å². The number of pyridine rings is 1. The molecule has 0 saturated heterocycles. The molecule has 2 N–H and O–H groups in total. The molecule has 3 nitrogen and oxygen atoms in total. The van der Waals surface area contributed by atoms with Crippen molar-refractivity contribution in [2.75, 3.05) is 6.61 Å². The number of aromatic nitrogens is 1. The molecule has 1 aromatic rings. The molecule has 0 radical (unpaired) electrons. The zero-order chi connectivity index (χ0) is 13.7. The summed E-state index contributed by atoms with van der Waals surface area (Å²) in [5, 5.41) is 0. The van der Waals surface area contributed by atoms with Crippen molar-refractivity contribution in [1.82, 2.24) is 4.98 Å². The number of nitrogens with two attached hydrogens (primary N) is 1. The molecule has 106 valence electrons. The minimum Gasteiger partial charge on any atom is -0.374 e. The van der Waals surface area contributed by atoms with Crippen molar-refractivity contribution in [2.24, 2.45) is 11.7 Å². The zero-order valence-electron chi connectivity index (χ0n) is 12.1. The van der Waals surface area contributed by atoms with Crippen LogP contribution in [0, 0.1) is 5.92 Å². The summed E-state index contributed by atoms with van der Waals surface area (Å²) in [6.45, 7) is 5.13. The van der Waals surface area contributed by atoms with Crippen LogP contribution < -0.4 is 5.73 Å². The molecule has 0 aliphatic heterocycles. The normalized spacial score (nSPS) is 29.1. The lowest BCUT2D eigenvalue weighted by molar-refractivity contribution is -0.0883. The Labute approximate surface area is 116 Å². The van der Waals surface area contributed by atoms with E-state index in [9.17, 15) is 0 Å². The van der Waals surface area contributed by atoms with Gasteiger partial charge in [-0.05, 0) is 56.6 Å². The largest absolute Gasteiger partial charge is 0.374 e. The molecule has 2 rings (SSSR count). The van der Waals surface area contributed by atoms with Crippen molar-refractivity contribution in [1.29, 1.82) is 0 Å². The van der Waals surface area contributed by atoms with Gasteiger partial charge in [0.25, 0.3) is 0 Å². The van der Waals surface area contributed by atoms with E-state index in [0.717, 1.165) is 31.8 Å². The smallest absolute Gasteiger partial charge is 0.0835 e. The number of hydrogen-bond donors (Lipinski definition) is 1. The van der Waals surface area contributed by atoms with Gasteiger partial charge in [0.2, 0.25) is 0 Å². The van der Waals surface area contributed by atoms with Crippen LogP contribution >= 0.6 is 0 Å². The van der Waals surface area contributed by atoms with Crippen LogP contribution in [0.5, 0.6) is 0 Å². The quantitative estimate of drug-likeness (QED) is 0.887. The van der Waals surface area contributed by atoms with E-state index in [1.807, 2.05) is 12.3 Å². The molecule has 1 heterocycles. The molecule has 0 bridgehead atoms. The third-order valence-corrected chi connectivity index (χ3v) is 4.41. The number of ether oxygens (including phenoxy) is 1. The lowest BCUT2D eigenvalue weighted by Crippen LogP contribution is -2.53. The van der Waals surface area contributed by atoms with Gasteiger partial charge in [-0.3, -0.25) is 4.98 Å². The Morgan fingerprint density at radius 1 is 1.47 bits per heavy atom. The lowest BCUT2D eigenvalue weighted by Gasteiger charge is -2.43. The minimum atomic E-state index is -0.128. The highest BCUT2D eigenvalue weighted by atomic mass is 16.5. The second kappa shape index (κ2) is 6.49. The molecule has 1 aromatic heterocycles. The fourth-order valence-corrected chi connectivity index (χ4v) is 3.12. The van der Waals surface area contributed by atoms with Gasteiger partial charge in [0.15, 0.2) is 0 Å². The van der Waals surface area contributed by atoms with Gasteiger partial charge in [-0.25, -0.2) is 0 Å². The van der Waals surface area contributed by atoms with E-state index in [1.54, 1.807) is 6.20 Å². The van der Waals surface area contributed by atoms with Gasteiger partial charge in [0, 0.05) is 25.0 Å². The van der Waals surface area contributed by atoms with Gasteiger partial charge in [-0.2, -0.15) is 0 Å². The fourth-order valence-electron chi connectivity index (χ4n) is 3.12. The average Bonchev–Trinajstić information content (AvgIpc) is 2.43. The SMILES string of the molecule is CCOC1(C(N)Cc2cccnc2)CCC(C)CC1. The van der Waals surface area contributed by atoms with Gasteiger partial charge in [0.05, 0.1) is 5.60 Å². The average molecular weight is 262 g/mol. The Hall–Kier alpha value is -0.930. The van der Waals surface area contributed by atoms with E-state index < -0.39 is 0 Å². The first-order chi connectivity index (χ1) is 9.16. The second-order valence-electron chi connectivity index (χ2n) is 5.85. The van der Waals surface area contributed by atoms with E-state index in [0.29, 0.717) is 0 Å². The molecule has 0 spiro atoms. The predicted molar refractivity (Wildman–Crippen MR) is 77.9 cm³/mol. The van der Waals surface area contributed by atoms with E-state index in [4.69, 9.17) is 10.5 Å². The minimum absolute atomic E-state index is 0.0594. The summed E-state index contributed by atoms with van der Waals surface area (Å²) in [6, 6.07) is 4.13. The summed E-state index contributed by atoms with van der Waals surface area (Å²) >= 11 is 0. The van der Waals surface area contributed by atoms with Gasteiger partial charge in [-0.15, -0.1) is 0 Å². The maximum Gasteiger partial charge on any atom is 0.0835 e. The first-order valence-corrected chi connectivity index (χ1v) is 7.45. The van der Waals surface area contributed by atoms with Crippen LogP contribution in [0.15, 0.2) is 24.5 Å². The number of hydrogen-bond acceptors (Lipinski definition) is 3. The molecule has 1 fully saturated rings. The van der Waals surface area contributed by atoms with Crippen LogP contribution in [-0.4, -0.2) is 23.2 Å². The van der Waals surface area contributed by atoms with Crippen molar-refractivity contribution in [2.45, 2.75) is 57.6 Å². The summed E-state index contributed by atoms with van der Waals surface area (Å²) in [5.74, 6) is 0.805. The molecule has 3 heteroatoms. The van der Waals surface area contributed by atoms with Crippen LogP contribution in [0.25, 0.3) is 0 Å². The third kappa shape index (κ3) is 3.54. The van der Waals surface area contributed by atoms with Crippen LogP contribution in [0.4, 0.5) is 0 Å². The highest BCUT2D eigenvalue weighted by Gasteiger charge is 2.40. The van der Waals surface area contributed by atoms with Gasteiger partial charge in [-0.1, -0.05) is 13.0 Å². The van der Waals surface area contributed by atoms with Crippen molar-refractivity contribution >= 4 is 0 Å². The van der Waals surface area contributed by atoms with E-state index in [-0.39, 0.29) is 11.6 Å². The maximum atomic E-state index is 6.49. The van der Waals surface area contributed by atoms with Crippen LogP contribution in [0.2, 0.25) is 0 Å². The van der Waals surface area contributed by atoms with Crippen molar-refractivity contribution in [3.8, 4) is 0 Å².